The lowest BCUT2D eigenvalue weighted by Gasteiger charge is -2.25. The van der Waals surface area contributed by atoms with Gasteiger partial charge in [0.1, 0.15) is 6.61 Å². The average Bonchev–Trinajstić information content (AvgIpc) is 2.86. The van der Waals surface area contributed by atoms with Gasteiger partial charge in [0.2, 0.25) is 0 Å². The zero-order chi connectivity index (χ0) is 17.2. The van der Waals surface area contributed by atoms with Crippen LogP contribution in [0.4, 0.5) is 4.79 Å². The van der Waals surface area contributed by atoms with Crippen LogP contribution in [0.25, 0.3) is 11.1 Å². The van der Waals surface area contributed by atoms with Crippen LogP contribution in [0.15, 0.2) is 48.5 Å². The van der Waals surface area contributed by atoms with Crippen molar-refractivity contribution < 1.29 is 14.6 Å². The Morgan fingerprint density at radius 2 is 1.62 bits per heavy atom. The molecule has 0 radical (unpaired) electrons. The quantitative estimate of drug-likeness (QED) is 0.881. The van der Waals surface area contributed by atoms with Gasteiger partial charge in [-0.15, -0.1) is 0 Å². The first-order valence-electron chi connectivity index (χ1n) is 8.26. The third kappa shape index (κ3) is 3.29. The lowest BCUT2D eigenvalue weighted by molar-refractivity contribution is 0.128. The maximum Gasteiger partial charge on any atom is 0.407 e. The fraction of sp³-hybridized carbons (Fsp3) is 0.350. The van der Waals surface area contributed by atoms with Crippen LogP contribution in [0.5, 0.6) is 0 Å². The first-order chi connectivity index (χ1) is 11.5. The number of benzene rings is 2. The number of rotatable bonds is 5. The molecule has 0 saturated heterocycles. The third-order valence-corrected chi connectivity index (χ3v) is 4.52. The summed E-state index contributed by atoms with van der Waals surface area (Å²) in [5, 5.41) is 11.9. The highest BCUT2D eigenvalue weighted by molar-refractivity contribution is 5.79. The molecule has 0 fully saturated rings. The highest BCUT2D eigenvalue weighted by Crippen LogP contribution is 2.44. The molecule has 0 unspecified atom stereocenters. The third-order valence-electron chi connectivity index (χ3n) is 4.52. The second-order valence-corrected chi connectivity index (χ2v) is 6.81. The molecule has 0 atom stereocenters. The van der Waals surface area contributed by atoms with Gasteiger partial charge in [-0.25, -0.2) is 4.79 Å². The Labute approximate surface area is 142 Å². The van der Waals surface area contributed by atoms with Gasteiger partial charge < -0.3 is 15.2 Å². The van der Waals surface area contributed by atoms with Crippen LogP contribution in [0.2, 0.25) is 0 Å². The van der Waals surface area contributed by atoms with Gasteiger partial charge in [0.05, 0.1) is 0 Å². The van der Waals surface area contributed by atoms with E-state index in [2.05, 4.69) is 29.6 Å². The van der Waals surface area contributed by atoms with E-state index in [0.29, 0.717) is 13.0 Å². The van der Waals surface area contributed by atoms with Crippen LogP contribution in [0.3, 0.4) is 0 Å². The number of alkyl carbamates (subject to hydrolysis) is 1. The molecule has 0 aromatic heterocycles. The second-order valence-electron chi connectivity index (χ2n) is 6.81. The van der Waals surface area contributed by atoms with Gasteiger partial charge in [0.25, 0.3) is 0 Å². The topological polar surface area (TPSA) is 58.6 Å². The summed E-state index contributed by atoms with van der Waals surface area (Å²) in [6, 6.07) is 16.5. The molecule has 0 bridgehead atoms. The normalized spacial score (nSPS) is 13.3. The Balaban J connectivity index is 1.73. The Kier molecular flexibility index (Phi) is 4.58. The number of nitrogens with one attached hydrogen (secondary N) is 1. The van der Waals surface area contributed by atoms with E-state index in [1.54, 1.807) is 0 Å². The maximum absolute atomic E-state index is 12.1. The molecule has 1 amide bonds. The monoisotopic (exact) mass is 325 g/mol. The summed E-state index contributed by atoms with van der Waals surface area (Å²) >= 11 is 0. The summed E-state index contributed by atoms with van der Waals surface area (Å²) in [6.45, 7) is 4.06. The van der Waals surface area contributed by atoms with Crippen molar-refractivity contribution in [3.05, 3.63) is 59.7 Å². The van der Waals surface area contributed by atoms with Gasteiger partial charge >= 0.3 is 6.09 Å². The molecule has 0 heterocycles. The van der Waals surface area contributed by atoms with E-state index in [4.69, 9.17) is 9.84 Å². The van der Waals surface area contributed by atoms with Crippen LogP contribution in [-0.4, -0.2) is 30.0 Å². The van der Waals surface area contributed by atoms with Gasteiger partial charge in [-0.1, -0.05) is 48.5 Å². The van der Waals surface area contributed by atoms with Gasteiger partial charge in [0, 0.05) is 18.1 Å². The summed E-state index contributed by atoms with van der Waals surface area (Å²) < 4.78 is 5.49. The summed E-state index contributed by atoms with van der Waals surface area (Å²) in [5.41, 5.74) is 4.32. The summed E-state index contributed by atoms with van der Waals surface area (Å²) in [6.07, 6.45) is 0.0345. The Hall–Kier alpha value is -2.33. The summed E-state index contributed by atoms with van der Waals surface area (Å²) in [7, 11) is 0. The Morgan fingerprint density at radius 1 is 1.08 bits per heavy atom. The standard InChI is InChI=1S/C20H23NO3/c1-20(2,11-12-22)21-19(23)24-13-18-16-9-5-3-7-14(16)15-8-4-6-10-17(15)18/h3-10,18,22H,11-13H2,1-2H3,(H,21,23). The first-order valence-corrected chi connectivity index (χ1v) is 8.26. The molecule has 126 valence electrons. The number of carbonyl (C=O) groups excluding carboxylic acids is 1. The molecule has 24 heavy (non-hydrogen) atoms. The number of carbonyl (C=O) groups is 1. The van der Waals surface area contributed by atoms with Crippen molar-refractivity contribution in [3.63, 3.8) is 0 Å². The highest BCUT2D eigenvalue weighted by atomic mass is 16.5. The zero-order valence-electron chi connectivity index (χ0n) is 14.1. The van der Waals surface area contributed by atoms with Crippen LogP contribution in [0, 0.1) is 0 Å². The molecule has 2 aromatic rings. The predicted octanol–water partition coefficient (Wildman–Crippen LogP) is 3.69. The van der Waals surface area contributed by atoms with Crippen LogP contribution < -0.4 is 5.32 Å². The molecule has 2 aromatic carbocycles. The molecule has 0 aliphatic heterocycles. The lowest BCUT2D eigenvalue weighted by atomic mass is 9.98. The molecular weight excluding hydrogens is 302 g/mol. The fourth-order valence-corrected chi connectivity index (χ4v) is 3.25. The van der Waals surface area contributed by atoms with Crippen LogP contribution >= 0.6 is 0 Å². The molecule has 4 nitrogen and oxygen atoms in total. The largest absolute Gasteiger partial charge is 0.449 e. The van der Waals surface area contributed by atoms with E-state index in [1.807, 2.05) is 38.1 Å². The molecule has 0 spiro atoms. The molecule has 0 saturated carbocycles. The molecule has 4 heteroatoms. The van der Waals surface area contributed by atoms with Crippen molar-refractivity contribution in [2.45, 2.75) is 31.7 Å². The van der Waals surface area contributed by atoms with Crippen molar-refractivity contribution in [3.8, 4) is 11.1 Å². The minimum absolute atomic E-state index is 0.0245. The van der Waals surface area contributed by atoms with Crippen molar-refractivity contribution in [1.82, 2.24) is 5.32 Å². The summed E-state index contributed by atoms with van der Waals surface area (Å²) in [5.74, 6) is 0.0594. The number of ether oxygens (including phenoxy) is 1. The highest BCUT2D eigenvalue weighted by Gasteiger charge is 2.29. The lowest BCUT2D eigenvalue weighted by Crippen LogP contribution is -2.44. The fourth-order valence-electron chi connectivity index (χ4n) is 3.25. The number of amides is 1. The molecule has 1 aliphatic rings. The van der Waals surface area contributed by atoms with Gasteiger partial charge in [-0.05, 0) is 42.5 Å². The molecule has 2 N–H and O–H groups in total. The van der Waals surface area contributed by atoms with Crippen molar-refractivity contribution >= 4 is 6.09 Å². The molecule has 1 aliphatic carbocycles. The van der Waals surface area contributed by atoms with Gasteiger partial charge in [-0.3, -0.25) is 0 Å². The van der Waals surface area contributed by atoms with E-state index in [9.17, 15) is 4.79 Å². The number of hydrogen-bond donors (Lipinski definition) is 2. The van der Waals surface area contributed by atoms with Crippen molar-refractivity contribution in [2.24, 2.45) is 0 Å². The van der Waals surface area contributed by atoms with Crippen molar-refractivity contribution in [2.75, 3.05) is 13.2 Å². The maximum atomic E-state index is 12.1. The molecular formula is C20H23NO3. The average molecular weight is 325 g/mol. The minimum atomic E-state index is -0.489. The second kappa shape index (κ2) is 6.65. The van der Waals surface area contributed by atoms with E-state index in [1.165, 1.54) is 22.3 Å². The van der Waals surface area contributed by atoms with E-state index in [0.717, 1.165) is 0 Å². The Morgan fingerprint density at radius 3 is 2.17 bits per heavy atom. The number of hydrogen-bond acceptors (Lipinski definition) is 3. The SMILES string of the molecule is CC(C)(CCO)NC(=O)OCC1c2ccccc2-c2ccccc21. The van der Waals surface area contributed by atoms with Gasteiger partial charge in [0.15, 0.2) is 0 Å². The smallest absolute Gasteiger partial charge is 0.407 e. The van der Waals surface area contributed by atoms with Crippen molar-refractivity contribution in [1.29, 1.82) is 0 Å². The molecule has 3 rings (SSSR count). The first kappa shape index (κ1) is 16.5. The number of aliphatic hydroxyl groups is 1. The minimum Gasteiger partial charge on any atom is -0.449 e. The van der Waals surface area contributed by atoms with Crippen LogP contribution in [0.1, 0.15) is 37.3 Å². The predicted molar refractivity (Wildman–Crippen MR) is 94.0 cm³/mol. The number of aliphatic hydroxyl groups excluding tert-OH is 1. The van der Waals surface area contributed by atoms with E-state index < -0.39 is 11.6 Å². The zero-order valence-corrected chi connectivity index (χ0v) is 14.1. The van der Waals surface area contributed by atoms with Gasteiger partial charge in [-0.2, -0.15) is 0 Å². The van der Waals surface area contributed by atoms with Crippen LogP contribution in [-0.2, 0) is 4.74 Å². The summed E-state index contributed by atoms with van der Waals surface area (Å²) in [4.78, 5) is 12.1. The van der Waals surface area contributed by atoms with E-state index >= 15 is 0 Å². The Bertz CT molecular complexity index is 694. The van der Waals surface area contributed by atoms with E-state index in [-0.39, 0.29) is 12.5 Å². The number of fused-ring (bicyclic) bond motifs is 3.